The van der Waals surface area contributed by atoms with Gasteiger partial charge in [0.05, 0.1) is 13.2 Å². The number of anilines is 1. The molecule has 3 heteroatoms. The zero-order valence-electron chi connectivity index (χ0n) is 12.6. The van der Waals surface area contributed by atoms with Crippen molar-refractivity contribution >= 4 is 5.69 Å². The summed E-state index contributed by atoms with van der Waals surface area (Å²) >= 11 is 0. The second-order valence-electron chi connectivity index (χ2n) is 5.88. The first kappa shape index (κ1) is 14.4. The van der Waals surface area contributed by atoms with Gasteiger partial charge in [-0.05, 0) is 37.2 Å². The van der Waals surface area contributed by atoms with Gasteiger partial charge in [0.2, 0.25) is 0 Å². The zero-order valence-corrected chi connectivity index (χ0v) is 12.6. The zero-order chi connectivity index (χ0) is 13.8. The van der Waals surface area contributed by atoms with Crippen LogP contribution in [0.4, 0.5) is 5.69 Å². The Morgan fingerprint density at radius 2 is 1.89 bits per heavy atom. The van der Waals surface area contributed by atoms with Crippen LogP contribution in [0.1, 0.15) is 30.9 Å². The van der Waals surface area contributed by atoms with Crippen molar-refractivity contribution in [2.24, 2.45) is 0 Å². The van der Waals surface area contributed by atoms with Gasteiger partial charge in [-0.1, -0.05) is 26.0 Å². The summed E-state index contributed by atoms with van der Waals surface area (Å²) in [6.07, 6.45) is 0. The summed E-state index contributed by atoms with van der Waals surface area (Å²) in [7, 11) is 4.26. The Balaban J connectivity index is 2.29. The predicted octanol–water partition coefficient (Wildman–Crippen LogP) is 2.71. The molecule has 0 saturated carbocycles. The fourth-order valence-electron chi connectivity index (χ4n) is 2.54. The molecule has 0 atom stereocenters. The van der Waals surface area contributed by atoms with Crippen molar-refractivity contribution < 1.29 is 4.74 Å². The second kappa shape index (κ2) is 6.40. The van der Waals surface area contributed by atoms with E-state index in [2.05, 4.69) is 55.9 Å². The summed E-state index contributed by atoms with van der Waals surface area (Å²) < 4.78 is 5.45. The van der Waals surface area contributed by atoms with E-state index in [4.69, 9.17) is 4.74 Å². The third-order valence-electron chi connectivity index (χ3n) is 3.61. The van der Waals surface area contributed by atoms with Gasteiger partial charge < -0.3 is 14.5 Å². The van der Waals surface area contributed by atoms with Crippen LogP contribution in [0.2, 0.25) is 0 Å². The molecular weight excluding hydrogens is 236 g/mol. The number of morpholine rings is 1. The average molecular weight is 262 g/mol. The molecule has 3 nitrogen and oxygen atoms in total. The van der Waals surface area contributed by atoms with Crippen LogP contribution in [0.15, 0.2) is 18.2 Å². The Hall–Kier alpha value is -1.06. The SMILES string of the molecule is CC(C)c1ccc(N2CCOCC2)c(CN(C)C)c1. The van der Waals surface area contributed by atoms with Gasteiger partial charge in [0, 0.05) is 25.3 Å². The summed E-state index contributed by atoms with van der Waals surface area (Å²) in [6.45, 7) is 9.18. The van der Waals surface area contributed by atoms with Crippen molar-refractivity contribution in [3.63, 3.8) is 0 Å². The lowest BCUT2D eigenvalue weighted by Crippen LogP contribution is -2.37. The lowest BCUT2D eigenvalue weighted by Gasteiger charge is -2.31. The first-order chi connectivity index (χ1) is 9.08. The molecule has 0 bridgehead atoms. The maximum absolute atomic E-state index is 5.45. The van der Waals surface area contributed by atoms with Crippen molar-refractivity contribution in [1.82, 2.24) is 4.90 Å². The Bertz CT molecular complexity index is 409. The highest BCUT2D eigenvalue weighted by Gasteiger charge is 2.16. The van der Waals surface area contributed by atoms with Gasteiger partial charge in [-0.2, -0.15) is 0 Å². The molecule has 0 spiro atoms. The minimum absolute atomic E-state index is 0.583. The molecule has 1 aromatic carbocycles. The van der Waals surface area contributed by atoms with Crippen LogP contribution >= 0.6 is 0 Å². The van der Waals surface area contributed by atoms with E-state index in [-0.39, 0.29) is 0 Å². The quantitative estimate of drug-likeness (QED) is 0.830. The molecule has 1 aromatic rings. The standard InChI is InChI=1S/C16H26N2O/c1-13(2)14-5-6-16(15(11-14)12-17(3)4)18-7-9-19-10-8-18/h5-6,11,13H,7-10,12H2,1-4H3. The number of hydrogen-bond donors (Lipinski definition) is 0. The molecule has 1 aliphatic rings. The lowest BCUT2D eigenvalue weighted by molar-refractivity contribution is 0.122. The average Bonchev–Trinajstić information content (AvgIpc) is 2.39. The van der Waals surface area contributed by atoms with E-state index in [9.17, 15) is 0 Å². The highest BCUT2D eigenvalue weighted by Crippen LogP contribution is 2.27. The van der Waals surface area contributed by atoms with Gasteiger partial charge in [-0.3, -0.25) is 0 Å². The monoisotopic (exact) mass is 262 g/mol. The van der Waals surface area contributed by atoms with E-state index in [1.807, 2.05) is 0 Å². The van der Waals surface area contributed by atoms with Crippen molar-refractivity contribution in [1.29, 1.82) is 0 Å². The van der Waals surface area contributed by atoms with Crippen LogP contribution < -0.4 is 4.90 Å². The molecule has 0 radical (unpaired) electrons. The third-order valence-corrected chi connectivity index (χ3v) is 3.61. The molecule has 1 aliphatic heterocycles. The van der Waals surface area contributed by atoms with Gasteiger partial charge in [0.1, 0.15) is 0 Å². The largest absolute Gasteiger partial charge is 0.378 e. The number of benzene rings is 1. The Kier molecular flexibility index (Phi) is 4.83. The van der Waals surface area contributed by atoms with E-state index in [1.54, 1.807) is 0 Å². The van der Waals surface area contributed by atoms with Gasteiger partial charge in [0.15, 0.2) is 0 Å². The molecule has 0 aromatic heterocycles. The van der Waals surface area contributed by atoms with Gasteiger partial charge in [-0.15, -0.1) is 0 Å². The number of ether oxygens (including phenoxy) is 1. The minimum atomic E-state index is 0.583. The molecule has 1 saturated heterocycles. The molecular formula is C16H26N2O. The van der Waals surface area contributed by atoms with Crippen LogP contribution in [0, 0.1) is 0 Å². The lowest BCUT2D eigenvalue weighted by atomic mass is 9.99. The summed E-state index contributed by atoms with van der Waals surface area (Å²) in [6, 6.07) is 6.93. The van der Waals surface area contributed by atoms with Crippen molar-refractivity contribution in [3.05, 3.63) is 29.3 Å². The molecule has 0 aliphatic carbocycles. The highest BCUT2D eigenvalue weighted by atomic mass is 16.5. The van der Waals surface area contributed by atoms with Crippen LogP contribution in [0.3, 0.4) is 0 Å². The van der Waals surface area contributed by atoms with E-state index in [0.29, 0.717) is 5.92 Å². The molecule has 0 unspecified atom stereocenters. The topological polar surface area (TPSA) is 15.7 Å². The molecule has 0 N–H and O–H groups in total. The molecule has 106 valence electrons. The summed E-state index contributed by atoms with van der Waals surface area (Å²) in [4.78, 5) is 4.69. The highest BCUT2D eigenvalue weighted by molar-refractivity contribution is 5.55. The van der Waals surface area contributed by atoms with Gasteiger partial charge >= 0.3 is 0 Å². The molecule has 1 fully saturated rings. The van der Waals surface area contributed by atoms with Crippen molar-refractivity contribution in [3.8, 4) is 0 Å². The van der Waals surface area contributed by atoms with Crippen molar-refractivity contribution in [2.45, 2.75) is 26.3 Å². The van der Waals surface area contributed by atoms with Gasteiger partial charge in [0.25, 0.3) is 0 Å². The third kappa shape index (κ3) is 3.71. The minimum Gasteiger partial charge on any atom is -0.378 e. The second-order valence-corrected chi connectivity index (χ2v) is 5.88. The van der Waals surface area contributed by atoms with Crippen LogP contribution in [-0.4, -0.2) is 45.3 Å². The Morgan fingerprint density at radius 3 is 2.47 bits per heavy atom. The Labute approximate surface area is 117 Å². The van der Waals surface area contributed by atoms with E-state index in [1.165, 1.54) is 16.8 Å². The first-order valence-corrected chi connectivity index (χ1v) is 7.18. The molecule has 0 amide bonds. The fraction of sp³-hybridized carbons (Fsp3) is 0.625. The van der Waals surface area contributed by atoms with Crippen LogP contribution in [-0.2, 0) is 11.3 Å². The van der Waals surface area contributed by atoms with Crippen LogP contribution in [0.5, 0.6) is 0 Å². The van der Waals surface area contributed by atoms with Crippen LogP contribution in [0.25, 0.3) is 0 Å². The molecule has 19 heavy (non-hydrogen) atoms. The number of rotatable bonds is 4. The number of hydrogen-bond acceptors (Lipinski definition) is 3. The number of nitrogens with zero attached hydrogens (tertiary/aromatic N) is 2. The van der Waals surface area contributed by atoms with E-state index >= 15 is 0 Å². The predicted molar refractivity (Wildman–Crippen MR) is 81.0 cm³/mol. The summed E-state index contributed by atoms with van der Waals surface area (Å²) in [5, 5.41) is 0. The maximum atomic E-state index is 5.45. The fourth-order valence-corrected chi connectivity index (χ4v) is 2.54. The first-order valence-electron chi connectivity index (χ1n) is 7.18. The van der Waals surface area contributed by atoms with E-state index in [0.717, 1.165) is 32.8 Å². The summed E-state index contributed by atoms with van der Waals surface area (Å²) in [5.41, 5.74) is 4.23. The maximum Gasteiger partial charge on any atom is 0.0642 e. The smallest absolute Gasteiger partial charge is 0.0642 e. The van der Waals surface area contributed by atoms with Crippen molar-refractivity contribution in [2.75, 3.05) is 45.3 Å². The van der Waals surface area contributed by atoms with E-state index < -0.39 is 0 Å². The Morgan fingerprint density at radius 1 is 1.21 bits per heavy atom. The van der Waals surface area contributed by atoms with Gasteiger partial charge in [-0.25, -0.2) is 0 Å². The molecule has 2 rings (SSSR count). The molecule has 1 heterocycles. The summed E-state index contributed by atoms with van der Waals surface area (Å²) in [5.74, 6) is 0.583. The normalized spacial score (nSPS) is 16.4.